The van der Waals surface area contributed by atoms with Crippen molar-refractivity contribution in [1.29, 1.82) is 0 Å². The van der Waals surface area contributed by atoms with Gasteiger partial charge < -0.3 is 4.42 Å². The van der Waals surface area contributed by atoms with Crippen molar-refractivity contribution >= 4 is 11.6 Å². The summed E-state index contributed by atoms with van der Waals surface area (Å²) in [7, 11) is 1.92. The maximum absolute atomic E-state index is 12.5. The van der Waals surface area contributed by atoms with E-state index in [0.29, 0.717) is 13.1 Å². The van der Waals surface area contributed by atoms with Gasteiger partial charge in [-0.25, -0.2) is 5.01 Å². The molecule has 0 N–H and O–H groups in total. The molecule has 0 bridgehead atoms. The SMILES string of the molecule is CC(c1ccco1)N(C)CC(=O)N1CCC(c2ccccc2)=N1. The molecule has 0 spiro atoms. The van der Waals surface area contributed by atoms with Gasteiger partial charge in [0.15, 0.2) is 0 Å². The second kappa shape index (κ2) is 6.79. The third-order valence-electron chi connectivity index (χ3n) is 4.20. The summed E-state index contributed by atoms with van der Waals surface area (Å²) in [6, 6.07) is 13.8. The molecule has 1 amide bonds. The number of carbonyl (C=O) groups excluding carboxylic acids is 1. The maximum atomic E-state index is 12.5. The van der Waals surface area contributed by atoms with Crippen molar-refractivity contribution < 1.29 is 9.21 Å². The Hall–Kier alpha value is -2.40. The molecule has 23 heavy (non-hydrogen) atoms. The molecule has 0 saturated carbocycles. The van der Waals surface area contributed by atoms with Crippen LogP contribution in [0.4, 0.5) is 0 Å². The van der Waals surface area contributed by atoms with Crippen molar-refractivity contribution in [3.8, 4) is 0 Å². The molecule has 0 radical (unpaired) electrons. The van der Waals surface area contributed by atoms with E-state index in [1.54, 1.807) is 11.3 Å². The highest BCUT2D eigenvalue weighted by molar-refractivity contribution is 6.02. The van der Waals surface area contributed by atoms with Crippen molar-refractivity contribution in [2.75, 3.05) is 20.1 Å². The molecular weight excluding hydrogens is 290 g/mol. The number of likely N-dealkylation sites (N-methyl/N-ethyl adjacent to an activating group) is 1. The lowest BCUT2D eigenvalue weighted by atomic mass is 10.1. The fourth-order valence-electron chi connectivity index (χ4n) is 2.65. The third kappa shape index (κ3) is 3.51. The summed E-state index contributed by atoms with van der Waals surface area (Å²) in [5, 5.41) is 6.06. The van der Waals surface area contributed by atoms with E-state index >= 15 is 0 Å². The highest BCUT2D eigenvalue weighted by Crippen LogP contribution is 2.20. The average molecular weight is 311 g/mol. The van der Waals surface area contributed by atoms with Crippen molar-refractivity contribution in [3.05, 3.63) is 60.1 Å². The maximum Gasteiger partial charge on any atom is 0.256 e. The number of rotatable bonds is 5. The topological polar surface area (TPSA) is 49.1 Å². The molecule has 5 nitrogen and oxygen atoms in total. The van der Waals surface area contributed by atoms with E-state index in [-0.39, 0.29) is 11.9 Å². The first-order valence-corrected chi connectivity index (χ1v) is 7.82. The first-order valence-electron chi connectivity index (χ1n) is 7.82. The van der Waals surface area contributed by atoms with Gasteiger partial charge in [0, 0.05) is 6.42 Å². The lowest BCUT2D eigenvalue weighted by Gasteiger charge is -2.23. The Bertz CT molecular complexity index is 680. The smallest absolute Gasteiger partial charge is 0.256 e. The molecule has 1 unspecified atom stereocenters. The summed E-state index contributed by atoms with van der Waals surface area (Å²) in [5.41, 5.74) is 2.06. The lowest BCUT2D eigenvalue weighted by molar-refractivity contribution is -0.132. The van der Waals surface area contributed by atoms with E-state index in [2.05, 4.69) is 5.10 Å². The largest absolute Gasteiger partial charge is 0.468 e. The number of hydrogen-bond donors (Lipinski definition) is 0. The van der Waals surface area contributed by atoms with E-state index in [4.69, 9.17) is 4.42 Å². The number of hydrazone groups is 1. The third-order valence-corrected chi connectivity index (χ3v) is 4.20. The Balaban J connectivity index is 1.62. The van der Waals surface area contributed by atoms with E-state index in [0.717, 1.165) is 23.5 Å². The summed E-state index contributed by atoms with van der Waals surface area (Å²) in [6.45, 7) is 2.98. The molecule has 1 aliphatic rings. The van der Waals surface area contributed by atoms with Crippen LogP contribution < -0.4 is 0 Å². The fraction of sp³-hybridized carbons (Fsp3) is 0.333. The van der Waals surface area contributed by atoms with Crippen molar-refractivity contribution in [1.82, 2.24) is 9.91 Å². The zero-order chi connectivity index (χ0) is 16.2. The average Bonchev–Trinajstić information content (AvgIpc) is 3.26. The van der Waals surface area contributed by atoms with Crippen molar-refractivity contribution in [3.63, 3.8) is 0 Å². The first kappa shape index (κ1) is 15.5. The molecule has 1 aromatic heterocycles. The van der Waals surface area contributed by atoms with Crippen LogP contribution in [0.5, 0.6) is 0 Å². The predicted octanol–water partition coefficient (Wildman–Crippen LogP) is 2.91. The van der Waals surface area contributed by atoms with Crippen LogP contribution in [0, 0.1) is 0 Å². The predicted molar refractivity (Wildman–Crippen MR) is 89.1 cm³/mol. The van der Waals surface area contributed by atoms with Gasteiger partial charge in [-0.2, -0.15) is 5.10 Å². The van der Waals surface area contributed by atoms with E-state index in [1.165, 1.54) is 0 Å². The van der Waals surface area contributed by atoms with Gasteiger partial charge in [-0.3, -0.25) is 9.69 Å². The summed E-state index contributed by atoms with van der Waals surface area (Å²) in [6.07, 6.45) is 2.45. The number of hydrogen-bond acceptors (Lipinski definition) is 4. The van der Waals surface area contributed by atoms with Crippen LogP contribution in [0.2, 0.25) is 0 Å². The number of furan rings is 1. The van der Waals surface area contributed by atoms with Crippen LogP contribution in [0.25, 0.3) is 0 Å². The molecule has 3 rings (SSSR count). The molecule has 1 aliphatic heterocycles. The Morgan fingerprint density at radius 1 is 1.30 bits per heavy atom. The van der Waals surface area contributed by atoms with Gasteiger partial charge in [0.1, 0.15) is 5.76 Å². The Morgan fingerprint density at radius 3 is 2.78 bits per heavy atom. The molecule has 5 heteroatoms. The number of benzene rings is 1. The quantitative estimate of drug-likeness (QED) is 0.853. The van der Waals surface area contributed by atoms with Gasteiger partial charge in [-0.1, -0.05) is 30.3 Å². The van der Waals surface area contributed by atoms with Gasteiger partial charge in [-0.15, -0.1) is 0 Å². The van der Waals surface area contributed by atoms with Gasteiger partial charge in [-0.05, 0) is 31.7 Å². The Labute approximate surface area is 136 Å². The summed E-state index contributed by atoms with van der Waals surface area (Å²) in [5.74, 6) is 0.868. The number of carbonyl (C=O) groups is 1. The minimum Gasteiger partial charge on any atom is -0.468 e. The summed E-state index contributed by atoms with van der Waals surface area (Å²) >= 11 is 0. The summed E-state index contributed by atoms with van der Waals surface area (Å²) in [4.78, 5) is 14.4. The van der Waals surface area contributed by atoms with Crippen LogP contribution in [-0.2, 0) is 4.79 Å². The van der Waals surface area contributed by atoms with Gasteiger partial charge in [0.05, 0.1) is 31.1 Å². The molecule has 120 valence electrons. The zero-order valence-corrected chi connectivity index (χ0v) is 13.5. The Morgan fingerprint density at radius 2 is 2.09 bits per heavy atom. The number of nitrogens with zero attached hydrogens (tertiary/aromatic N) is 3. The number of amides is 1. The molecule has 2 aromatic rings. The minimum absolute atomic E-state index is 0.0110. The van der Waals surface area contributed by atoms with E-state index in [9.17, 15) is 4.79 Å². The molecule has 0 aliphatic carbocycles. The van der Waals surface area contributed by atoms with Crippen LogP contribution in [0.3, 0.4) is 0 Å². The highest BCUT2D eigenvalue weighted by Gasteiger charge is 2.24. The monoisotopic (exact) mass is 311 g/mol. The molecule has 0 saturated heterocycles. The van der Waals surface area contributed by atoms with Crippen molar-refractivity contribution in [2.45, 2.75) is 19.4 Å². The van der Waals surface area contributed by atoms with Crippen LogP contribution in [-0.4, -0.2) is 41.7 Å². The molecule has 1 atom stereocenters. The Kier molecular flexibility index (Phi) is 4.57. The molecule has 1 aromatic carbocycles. The zero-order valence-electron chi connectivity index (χ0n) is 13.5. The second-order valence-corrected chi connectivity index (χ2v) is 5.79. The van der Waals surface area contributed by atoms with E-state index in [1.807, 2.05) is 61.3 Å². The van der Waals surface area contributed by atoms with Crippen LogP contribution in [0.15, 0.2) is 58.2 Å². The highest BCUT2D eigenvalue weighted by atomic mass is 16.3. The normalized spacial score (nSPS) is 15.8. The minimum atomic E-state index is 0.0110. The van der Waals surface area contributed by atoms with E-state index < -0.39 is 0 Å². The fourth-order valence-corrected chi connectivity index (χ4v) is 2.65. The molecular formula is C18H21N3O2. The lowest BCUT2D eigenvalue weighted by Crippen LogP contribution is -2.36. The molecule has 0 fully saturated rings. The van der Waals surface area contributed by atoms with Gasteiger partial charge >= 0.3 is 0 Å². The summed E-state index contributed by atoms with van der Waals surface area (Å²) < 4.78 is 5.40. The first-order chi connectivity index (χ1) is 11.1. The van der Waals surface area contributed by atoms with Crippen molar-refractivity contribution in [2.24, 2.45) is 5.10 Å². The second-order valence-electron chi connectivity index (χ2n) is 5.79. The molecule has 2 heterocycles. The van der Waals surface area contributed by atoms with Gasteiger partial charge in [0.2, 0.25) is 0 Å². The van der Waals surface area contributed by atoms with Crippen LogP contribution >= 0.6 is 0 Å². The van der Waals surface area contributed by atoms with Crippen LogP contribution in [0.1, 0.15) is 30.7 Å². The standard InChI is InChI=1S/C18H21N3O2/c1-14(17-9-6-12-23-17)20(2)13-18(22)21-11-10-16(19-21)15-7-4-3-5-8-15/h3-9,12,14H,10-11,13H2,1-2H3. The van der Waals surface area contributed by atoms with Gasteiger partial charge in [0.25, 0.3) is 5.91 Å².